The molecule has 1 heterocycles. The van der Waals surface area contributed by atoms with E-state index in [-0.39, 0.29) is 0 Å². The van der Waals surface area contributed by atoms with Crippen molar-refractivity contribution in [3.63, 3.8) is 0 Å². The molecule has 16 heavy (non-hydrogen) atoms. The summed E-state index contributed by atoms with van der Waals surface area (Å²) in [5.41, 5.74) is 1.03. The van der Waals surface area contributed by atoms with Crippen molar-refractivity contribution in [2.24, 2.45) is 5.92 Å². The van der Waals surface area contributed by atoms with Gasteiger partial charge in [0.15, 0.2) is 0 Å². The summed E-state index contributed by atoms with van der Waals surface area (Å²) >= 11 is 0. The van der Waals surface area contributed by atoms with E-state index in [0.717, 1.165) is 18.5 Å². The zero-order valence-electron chi connectivity index (χ0n) is 9.69. The van der Waals surface area contributed by atoms with Crippen molar-refractivity contribution < 1.29 is 4.79 Å². The Morgan fingerprint density at radius 1 is 1.31 bits per heavy atom. The summed E-state index contributed by atoms with van der Waals surface area (Å²) in [5, 5.41) is 0. The Bertz CT molecular complexity index is 328. The zero-order chi connectivity index (χ0) is 11.2. The normalized spacial score (nSPS) is 16.5. The summed E-state index contributed by atoms with van der Waals surface area (Å²) in [5.74, 6) is 1.09. The highest BCUT2D eigenvalue weighted by atomic mass is 16.1. The minimum absolute atomic E-state index is 0.414. The van der Waals surface area contributed by atoms with E-state index in [4.69, 9.17) is 0 Å². The van der Waals surface area contributed by atoms with E-state index in [2.05, 4.69) is 4.98 Å². The second-order valence-corrected chi connectivity index (χ2v) is 4.71. The Balaban J connectivity index is 1.71. The minimum Gasteiger partial charge on any atom is -0.300 e. The van der Waals surface area contributed by atoms with Crippen LogP contribution in [0.4, 0.5) is 0 Å². The molecule has 0 atom stereocenters. The summed E-state index contributed by atoms with van der Waals surface area (Å²) in [6.45, 7) is 0. The molecule has 0 spiro atoms. The monoisotopic (exact) mass is 217 g/mol. The van der Waals surface area contributed by atoms with Crippen molar-refractivity contribution in [1.29, 1.82) is 0 Å². The molecule has 2 rings (SSSR count). The molecule has 0 radical (unpaired) electrons. The van der Waals surface area contributed by atoms with Gasteiger partial charge in [-0.05, 0) is 24.5 Å². The second-order valence-electron chi connectivity index (χ2n) is 4.71. The van der Waals surface area contributed by atoms with Gasteiger partial charge >= 0.3 is 0 Å². The molecule has 1 fully saturated rings. The van der Waals surface area contributed by atoms with Gasteiger partial charge in [0.25, 0.3) is 0 Å². The zero-order valence-corrected chi connectivity index (χ0v) is 9.69. The van der Waals surface area contributed by atoms with Gasteiger partial charge in [0.1, 0.15) is 5.78 Å². The van der Waals surface area contributed by atoms with Gasteiger partial charge in [-0.2, -0.15) is 0 Å². The lowest BCUT2D eigenvalue weighted by Gasteiger charge is -2.07. The SMILES string of the molecule is O=C(CCc1ccccn1)CC1CCCC1. The number of ketones is 1. The molecule has 86 valence electrons. The Morgan fingerprint density at radius 2 is 2.12 bits per heavy atom. The number of hydrogen-bond acceptors (Lipinski definition) is 2. The third-order valence-corrected chi connectivity index (χ3v) is 3.38. The fraction of sp³-hybridized carbons (Fsp3) is 0.571. The molecule has 0 bridgehead atoms. The first kappa shape index (κ1) is 11.3. The van der Waals surface area contributed by atoms with Crippen LogP contribution in [0.1, 0.15) is 44.2 Å². The average Bonchev–Trinajstić information content (AvgIpc) is 2.81. The number of carbonyl (C=O) groups is 1. The van der Waals surface area contributed by atoms with E-state index in [1.54, 1.807) is 6.20 Å². The topological polar surface area (TPSA) is 30.0 Å². The van der Waals surface area contributed by atoms with Gasteiger partial charge < -0.3 is 0 Å². The molecule has 0 aromatic carbocycles. The molecule has 1 aromatic rings. The highest BCUT2D eigenvalue weighted by Gasteiger charge is 2.18. The highest BCUT2D eigenvalue weighted by Crippen LogP contribution is 2.28. The molecule has 1 aromatic heterocycles. The molecule has 0 amide bonds. The fourth-order valence-electron chi connectivity index (χ4n) is 2.45. The van der Waals surface area contributed by atoms with Crippen molar-refractivity contribution in [2.45, 2.75) is 44.9 Å². The summed E-state index contributed by atoms with van der Waals surface area (Å²) in [6.07, 6.45) is 9.20. The molecule has 1 aliphatic rings. The number of rotatable bonds is 5. The lowest BCUT2D eigenvalue weighted by Crippen LogP contribution is -2.06. The van der Waals surface area contributed by atoms with Crippen LogP contribution in [0.15, 0.2) is 24.4 Å². The van der Waals surface area contributed by atoms with E-state index in [0.29, 0.717) is 18.1 Å². The van der Waals surface area contributed by atoms with Crippen LogP contribution in [0.5, 0.6) is 0 Å². The van der Waals surface area contributed by atoms with Crippen LogP contribution in [0, 0.1) is 5.92 Å². The first-order valence-corrected chi connectivity index (χ1v) is 6.26. The van der Waals surface area contributed by atoms with Gasteiger partial charge in [0.05, 0.1) is 0 Å². The first-order valence-electron chi connectivity index (χ1n) is 6.26. The predicted octanol–water partition coefficient (Wildman–Crippen LogP) is 3.16. The van der Waals surface area contributed by atoms with E-state index in [1.807, 2.05) is 18.2 Å². The van der Waals surface area contributed by atoms with Crippen LogP contribution in [0.2, 0.25) is 0 Å². The van der Waals surface area contributed by atoms with Crippen molar-refractivity contribution in [3.8, 4) is 0 Å². The van der Waals surface area contributed by atoms with E-state index in [9.17, 15) is 4.79 Å². The van der Waals surface area contributed by atoms with Crippen molar-refractivity contribution in [1.82, 2.24) is 4.98 Å². The van der Waals surface area contributed by atoms with Crippen LogP contribution in [-0.4, -0.2) is 10.8 Å². The number of aromatic nitrogens is 1. The van der Waals surface area contributed by atoms with Crippen molar-refractivity contribution in [2.75, 3.05) is 0 Å². The minimum atomic E-state index is 0.414. The van der Waals surface area contributed by atoms with Gasteiger partial charge in [0.2, 0.25) is 0 Å². The summed E-state index contributed by atoms with van der Waals surface area (Å²) in [7, 11) is 0. The molecule has 0 saturated heterocycles. The van der Waals surface area contributed by atoms with E-state index >= 15 is 0 Å². The Labute approximate surface area is 97.1 Å². The third-order valence-electron chi connectivity index (χ3n) is 3.38. The van der Waals surface area contributed by atoms with Crippen molar-refractivity contribution >= 4 is 5.78 Å². The maximum atomic E-state index is 11.7. The number of nitrogens with zero attached hydrogens (tertiary/aromatic N) is 1. The Morgan fingerprint density at radius 3 is 2.81 bits per heavy atom. The molecule has 0 unspecified atom stereocenters. The second kappa shape index (κ2) is 5.78. The summed E-state index contributed by atoms with van der Waals surface area (Å²) in [4.78, 5) is 16.0. The summed E-state index contributed by atoms with van der Waals surface area (Å²) in [6, 6.07) is 5.87. The number of pyridine rings is 1. The largest absolute Gasteiger partial charge is 0.300 e. The van der Waals surface area contributed by atoms with E-state index < -0.39 is 0 Å². The average molecular weight is 217 g/mol. The van der Waals surface area contributed by atoms with Gasteiger partial charge in [-0.3, -0.25) is 9.78 Å². The molecular weight excluding hydrogens is 198 g/mol. The van der Waals surface area contributed by atoms with E-state index in [1.165, 1.54) is 25.7 Å². The number of Topliss-reactive ketones (excluding diaryl/α,β-unsaturated/α-hetero) is 1. The summed E-state index contributed by atoms with van der Waals surface area (Å²) < 4.78 is 0. The quantitative estimate of drug-likeness (QED) is 0.758. The Hall–Kier alpha value is -1.18. The molecule has 0 aliphatic heterocycles. The van der Waals surface area contributed by atoms with Gasteiger partial charge in [-0.15, -0.1) is 0 Å². The van der Waals surface area contributed by atoms with Gasteiger partial charge in [0, 0.05) is 24.7 Å². The van der Waals surface area contributed by atoms with Gasteiger partial charge in [-0.1, -0.05) is 31.7 Å². The standard InChI is InChI=1S/C14H19NO/c16-14(11-12-5-1-2-6-12)9-8-13-7-3-4-10-15-13/h3-4,7,10,12H,1-2,5-6,8-9,11H2. The third kappa shape index (κ3) is 3.44. The number of aryl methyl sites for hydroxylation is 1. The smallest absolute Gasteiger partial charge is 0.133 e. The molecule has 1 aliphatic carbocycles. The first-order chi connectivity index (χ1) is 7.84. The van der Waals surface area contributed by atoms with Gasteiger partial charge in [-0.25, -0.2) is 0 Å². The van der Waals surface area contributed by atoms with Crippen molar-refractivity contribution in [3.05, 3.63) is 30.1 Å². The molecule has 1 saturated carbocycles. The number of carbonyl (C=O) groups excluding carboxylic acids is 1. The maximum Gasteiger partial charge on any atom is 0.133 e. The molecule has 0 N–H and O–H groups in total. The molecule has 2 nitrogen and oxygen atoms in total. The maximum absolute atomic E-state index is 11.7. The lowest BCUT2D eigenvalue weighted by molar-refractivity contribution is -0.119. The van der Waals surface area contributed by atoms with Crippen LogP contribution in [0.3, 0.4) is 0 Å². The van der Waals surface area contributed by atoms with Crippen LogP contribution < -0.4 is 0 Å². The molecule has 2 heteroatoms. The number of hydrogen-bond donors (Lipinski definition) is 0. The lowest BCUT2D eigenvalue weighted by atomic mass is 9.98. The van der Waals surface area contributed by atoms with Crippen LogP contribution in [-0.2, 0) is 11.2 Å². The van der Waals surface area contributed by atoms with Crippen LogP contribution >= 0.6 is 0 Å². The Kier molecular flexibility index (Phi) is 4.09. The fourth-order valence-corrected chi connectivity index (χ4v) is 2.45. The van der Waals surface area contributed by atoms with Crippen LogP contribution in [0.25, 0.3) is 0 Å². The molecular formula is C14H19NO. The highest BCUT2D eigenvalue weighted by molar-refractivity contribution is 5.78. The predicted molar refractivity (Wildman–Crippen MR) is 64.1 cm³/mol.